The molecular weight excluding hydrogens is 212 g/mol. The zero-order valence-corrected chi connectivity index (χ0v) is 9.90. The van der Waals surface area contributed by atoms with Gasteiger partial charge in [0, 0.05) is 25.2 Å². The maximum atomic E-state index is 5.60. The predicted octanol–water partition coefficient (Wildman–Crippen LogP) is 1.24. The van der Waals surface area contributed by atoms with Crippen LogP contribution in [0.2, 0.25) is 0 Å². The average Bonchev–Trinajstić information content (AvgIpc) is 2.94. The van der Waals surface area contributed by atoms with Gasteiger partial charge in [0.2, 0.25) is 0 Å². The van der Waals surface area contributed by atoms with Crippen LogP contribution in [-0.4, -0.2) is 9.78 Å². The second-order valence-electron chi connectivity index (χ2n) is 4.40. The molecule has 4 heteroatoms. The molecule has 2 aromatic rings. The van der Waals surface area contributed by atoms with E-state index in [1.807, 2.05) is 4.68 Å². The number of nitrogens with two attached hydrogens (primary N) is 1. The topological polar surface area (TPSA) is 55.9 Å². The first-order valence-electron chi connectivity index (χ1n) is 5.87. The molecule has 0 spiro atoms. The van der Waals surface area contributed by atoms with Crippen LogP contribution in [-0.2, 0) is 19.6 Å². The molecule has 0 saturated carbocycles. The number of hydrogen-bond acceptors (Lipinski definition) is 3. The highest BCUT2D eigenvalue weighted by molar-refractivity contribution is 5.40. The van der Waals surface area contributed by atoms with Gasteiger partial charge < -0.3 is 11.1 Å². The maximum Gasteiger partial charge on any atom is 0.0649 e. The summed E-state index contributed by atoms with van der Waals surface area (Å²) in [7, 11) is 0. The lowest BCUT2D eigenvalue weighted by Crippen LogP contribution is -2.08. The van der Waals surface area contributed by atoms with Gasteiger partial charge in [0.05, 0.1) is 17.1 Å². The van der Waals surface area contributed by atoms with Crippen LogP contribution < -0.4 is 11.1 Å². The van der Waals surface area contributed by atoms with Crippen molar-refractivity contribution >= 4 is 0 Å². The fraction of sp³-hybridized carbons (Fsp3) is 0.308. The third-order valence-corrected chi connectivity index (χ3v) is 3.30. The predicted molar refractivity (Wildman–Crippen MR) is 66.7 cm³/mol. The summed E-state index contributed by atoms with van der Waals surface area (Å²) in [5, 5.41) is 7.96. The van der Waals surface area contributed by atoms with Crippen molar-refractivity contribution in [3.63, 3.8) is 0 Å². The van der Waals surface area contributed by atoms with Crippen molar-refractivity contribution in [1.29, 1.82) is 0 Å². The molecule has 0 aliphatic carbocycles. The molecule has 1 aromatic carbocycles. The number of aromatic nitrogens is 2. The van der Waals surface area contributed by atoms with Gasteiger partial charge in [0.1, 0.15) is 0 Å². The number of hydrogen-bond donors (Lipinski definition) is 2. The minimum atomic E-state index is 0.581. The Morgan fingerprint density at radius 2 is 2.06 bits per heavy atom. The second kappa shape index (κ2) is 3.98. The molecule has 1 aliphatic heterocycles. The molecule has 0 saturated heterocycles. The Bertz CT molecular complexity index is 539. The zero-order valence-electron chi connectivity index (χ0n) is 9.90. The summed E-state index contributed by atoms with van der Waals surface area (Å²) in [6, 6.07) is 8.27. The van der Waals surface area contributed by atoms with Crippen LogP contribution in [0.25, 0.3) is 5.69 Å². The molecule has 0 atom stereocenters. The standard InChI is InChI=1S/C13H16N4/c1-9-12-7-15-8-13(12)17(16-9)11-4-2-10(6-14)3-5-11/h2-5,15H,6-8,14H2,1H3. The van der Waals surface area contributed by atoms with Gasteiger partial charge in [-0.25, -0.2) is 4.68 Å². The lowest BCUT2D eigenvalue weighted by atomic mass is 10.2. The third kappa shape index (κ3) is 1.66. The SMILES string of the molecule is Cc1nn(-c2ccc(CN)cc2)c2c1CNC2. The Morgan fingerprint density at radius 3 is 2.76 bits per heavy atom. The molecular formula is C13H16N4. The van der Waals surface area contributed by atoms with E-state index in [2.05, 4.69) is 41.6 Å². The van der Waals surface area contributed by atoms with Crippen molar-refractivity contribution in [3.05, 3.63) is 46.8 Å². The summed E-state index contributed by atoms with van der Waals surface area (Å²) in [6.45, 7) is 4.48. The summed E-state index contributed by atoms with van der Waals surface area (Å²) in [5.74, 6) is 0. The fourth-order valence-electron chi connectivity index (χ4n) is 2.31. The minimum Gasteiger partial charge on any atom is -0.326 e. The van der Waals surface area contributed by atoms with E-state index in [4.69, 9.17) is 5.73 Å². The van der Waals surface area contributed by atoms with E-state index in [0.717, 1.165) is 30.0 Å². The Hall–Kier alpha value is -1.65. The molecule has 0 fully saturated rings. The first-order valence-corrected chi connectivity index (χ1v) is 5.87. The van der Waals surface area contributed by atoms with Crippen LogP contribution in [0.5, 0.6) is 0 Å². The third-order valence-electron chi connectivity index (χ3n) is 3.30. The van der Waals surface area contributed by atoms with Gasteiger partial charge in [-0.2, -0.15) is 5.10 Å². The summed E-state index contributed by atoms with van der Waals surface area (Å²) < 4.78 is 2.03. The second-order valence-corrected chi connectivity index (χ2v) is 4.40. The Labute approximate surface area is 100 Å². The highest BCUT2D eigenvalue weighted by Crippen LogP contribution is 2.22. The largest absolute Gasteiger partial charge is 0.326 e. The van der Waals surface area contributed by atoms with Gasteiger partial charge >= 0.3 is 0 Å². The molecule has 0 amide bonds. The highest BCUT2D eigenvalue weighted by Gasteiger charge is 2.20. The monoisotopic (exact) mass is 228 g/mol. The van der Waals surface area contributed by atoms with Crippen molar-refractivity contribution in [2.45, 2.75) is 26.6 Å². The molecule has 0 radical (unpaired) electrons. The van der Waals surface area contributed by atoms with Crippen LogP contribution in [0.1, 0.15) is 22.5 Å². The highest BCUT2D eigenvalue weighted by atomic mass is 15.3. The Morgan fingerprint density at radius 1 is 1.29 bits per heavy atom. The average molecular weight is 228 g/mol. The van der Waals surface area contributed by atoms with Crippen LogP contribution in [0.4, 0.5) is 0 Å². The molecule has 1 aliphatic rings. The molecule has 0 bridgehead atoms. The van der Waals surface area contributed by atoms with E-state index in [1.165, 1.54) is 11.3 Å². The fourth-order valence-corrected chi connectivity index (χ4v) is 2.31. The van der Waals surface area contributed by atoms with Gasteiger partial charge in [-0.05, 0) is 24.6 Å². The van der Waals surface area contributed by atoms with Gasteiger partial charge in [0.15, 0.2) is 0 Å². The molecule has 2 heterocycles. The quantitative estimate of drug-likeness (QED) is 0.813. The molecule has 17 heavy (non-hydrogen) atoms. The number of benzene rings is 1. The van der Waals surface area contributed by atoms with Gasteiger partial charge in [-0.1, -0.05) is 12.1 Å². The molecule has 3 rings (SSSR count). The van der Waals surface area contributed by atoms with Crippen LogP contribution >= 0.6 is 0 Å². The number of nitrogens with one attached hydrogen (secondary N) is 1. The lowest BCUT2D eigenvalue weighted by Gasteiger charge is -2.06. The Balaban J connectivity index is 2.06. The van der Waals surface area contributed by atoms with E-state index >= 15 is 0 Å². The molecule has 3 N–H and O–H groups in total. The van der Waals surface area contributed by atoms with Crippen molar-refractivity contribution in [1.82, 2.24) is 15.1 Å². The summed E-state index contributed by atoms with van der Waals surface area (Å²) >= 11 is 0. The van der Waals surface area contributed by atoms with E-state index in [-0.39, 0.29) is 0 Å². The van der Waals surface area contributed by atoms with Gasteiger partial charge in [0.25, 0.3) is 0 Å². The number of fused-ring (bicyclic) bond motifs is 1. The molecule has 88 valence electrons. The van der Waals surface area contributed by atoms with E-state index < -0.39 is 0 Å². The maximum absolute atomic E-state index is 5.60. The van der Waals surface area contributed by atoms with Crippen LogP contribution in [0.3, 0.4) is 0 Å². The van der Waals surface area contributed by atoms with E-state index in [0.29, 0.717) is 6.54 Å². The smallest absolute Gasteiger partial charge is 0.0649 e. The van der Waals surface area contributed by atoms with Crippen LogP contribution in [0.15, 0.2) is 24.3 Å². The van der Waals surface area contributed by atoms with E-state index in [1.54, 1.807) is 0 Å². The minimum absolute atomic E-state index is 0.581. The Kier molecular flexibility index (Phi) is 2.46. The molecule has 0 unspecified atom stereocenters. The number of rotatable bonds is 2. The number of nitrogens with zero attached hydrogens (tertiary/aromatic N) is 2. The molecule has 1 aromatic heterocycles. The zero-order chi connectivity index (χ0) is 11.8. The van der Waals surface area contributed by atoms with Gasteiger partial charge in [-0.3, -0.25) is 0 Å². The summed E-state index contributed by atoms with van der Waals surface area (Å²) in [6.07, 6.45) is 0. The first-order chi connectivity index (χ1) is 8.29. The lowest BCUT2D eigenvalue weighted by molar-refractivity contribution is 0.704. The summed E-state index contributed by atoms with van der Waals surface area (Å²) in [5.41, 5.74) is 11.6. The van der Waals surface area contributed by atoms with Crippen molar-refractivity contribution in [2.75, 3.05) is 0 Å². The van der Waals surface area contributed by atoms with E-state index in [9.17, 15) is 0 Å². The summed E-state index contributed by atoms with van der Waals surface area (Å²) in [4.78, 5) is 0. The molecule has 4 nitrogen and oxygen atoms in total. The normalized spacial score (nSPS) is 14.0. The first kappa shape index (κ1) is 10.5. The van der Waals surface area contributed by atoms with Gasteiger partial charge in [-0.15, -0.1) is 0 Å². The van der Waals surface area contributed by atoms with Crippen molar-refractivity contribution in [2.24, 2.45) is 5.73 Å². The van der Waals surface area contributed by atoms with Crippen molar-refractivity contribution < 1.29 is 0 Å². The van der Waals surface area contributed by atoms with Crippen molar-refractivity contribution in [3.8, 4) is 5.69 Å². The number of aryl methyl sites for hydroxylation is 1. The van der Waals surface area contributed by atoms with Crippen LogP contribution in [0, 0.1) is 6.92 Å².